The molecule has 0 aliphatic carbocycles. The van der Waals surface area contributed by atoms with Gasteiger partial charge in [0.25, 0.3) is 0 Å². The highest BCUT2D eigenvalue weighted by atomic mass is 16.1. The van der Waals surface area contributed by atoms with Gasteiger partial charge in [-0.1, -0.05) is 51.3 Å². The number of hydrogen-bond donors (Lipinski definition) is 1. The van der Waals surface area contributed by atoms with Crippen LogP contribution in [0.25, 0.3) is 0 Å². The van der Waals surface area contributed by atoms with Crippen LogP contribution in [0.4, 0.5) is 5.69 Å². The van der Waals surface area contributed by atoms with Crippen molar-refractivity contribution < 1.29 is 4.79 Å². The number of rotatable bonds is 8. The smallest absolute Gasteiger partial charge is 0.247 e. The van der Waals surface area contributed by atoms with Crippen LogP contribution in [0.5, 0.6) is 0 Å². The highest BCUT2D eigenvalue weighted by Crippen LogP contribution is 2.13. The maximum atomic E-state index is 11.1. The molecule has 1 N–H and O–H groups in total. The Balaban J connectivity index is 2.31. The summed E-state index contributed by atoms with van der Waals surface area (Å²) in [5.41, 5.74) is 2.16. The summed E-state index contributed by atoms with van der Waals surface area (Å²) in [6.45, 7) is 5.66. The number of anilines is 1. The third-order valence-electron chi connectivity index (χ3n) is 2.98. The van der Waals surface area contributed by atoms with Crippen molar-refractivity contribution in [2.75, 3.05) is 5.32 Å². The van der Waals surface area contributed by atoms with Gasteiger partial charge in [-0.25, -0.2) is 0 Å². The fourth-order valence-electron chi connectivity index (χ4n) is 1.88. The Morgan fingerprint density at radius 2 is 1.83 bits per heavy atom. The Hall–Kier alpha value is -1.57. The van der Waals surface area contributed by atoms with Gasteiger partial charge < -0.3 is 5.32 Å². The van der Waals surface area contributed by atoms with E-state index in [4.69, 9.17) is 0 Å². The lowest BCUT2D eigenvalue weighted by atomic mass is 10.1. The average molecular weight is 245 g/mol. The standard InChI is InChI=1S/C16H23NO/c1-3-5-6-7-8-9-14-10-12-15(13-11-14)17-16(18)4-2/h4,10-13H,2-3,5-9H2,1H3,(H,17,18). The van der Waals surface area contributed by atoms with Crippen LogP contribution in [0.3, 0.4) is 0 Å². The molecule has 98 valence electrons. The molecule has 0 heterocycles. The molecule has 0 spiro atoms. The Morgan fingerprint density at radius 1 is 1.17 bits per heavy atom. The largest absolute Gasteiger partial charge is 0.323 e. The van der Waals surface area contributed by atoms with Crippen LogP contribution in [0.1, 0.15) is 44.6 Å². The van der Waals surface area contributed by atoms with E-state index in [9.17, 15) is 4.79 Å². The van der Waals surface area contributed by atoms with Crippen LogP contribution < -0.4 is 5.32 Å². The van der Waals surface area contributed by atoms with Gasteiger partial charge in [-0.05, 0) is 36.6 Å². The molecule has 0 saturated carbocycles. The second-order valence-electron chi connectivity index (χ2n) is 4.55. The van der Waals surface area contributed by atoms with Gasteiger partial charge in [0.05, 0.1) is 0 Å². The van der Waals surface area contributed by atoms with E-state index in [1.807, 2.05) is 12.1 Å². The van der Waals surface area contributed by atoms with E-state index < -0.39 is 0 Å². The zero-order valence-electron chi connectivity index (χ0n) is 11.2. The second-order valence-corrected chi connectivity index (χ2v) is 4.55. The van der Waals surface area contributed by atoms with Gasteiger partial charge in [-0.3, -0.25) is 4.79 Å². The number of unbranched alkanes of at least 4 members (excludes halogenated alkanes) is 4. The van der Waals surface area contributed by atoms with E-state index in [0.29, 0.717) is 0 Å². The number of benzene rings is 1. The lowest BCUT2D eigenvalue weighted by Crippen LogP contribution is -2.06. The summed E-state index contributed by atoms with van der Waals surface area (Å²) in [5, 5.41) is 2.75. The summed E-state index contributed by atoms with van der Waals surface area (Å²) < 4.78 is 0. The van der Waals surface area contributed by atoms with Crippen LogP contribution in [0.15, 0.2) is 36.9 Å². The van der Waals surface area contributed by atoms with Gasteiger partial charge in [0.2, 0.25) is 5.91 Å². The summed E-state index contributed by atoms with van der Waals surface area (Å²) in [4.78, 5) is 11.1. The highest BCUT2D eigenvalue weighted by molar-refractivity contribution is 5.98. The van der Waals surface area contributed by atoms with Gasteiger partial charge >= 0.3 is 0 Å². The minimum atomic E-state index is -0.165. The number of nitrogens with one attached hydrogen (secondary N) is 1. The van der Waals surface area contributed by atoms with E-state index in [1.165, 1.54) is 43.7 Å². The topological polar surface area (TPSA) is 29.1 Å². The van der Waals surface area contributed by atoms with Gasteiger partial charge in [0.15, 0.2) is 0 Å². The molecule has 1 aromatic carbocycles. The number of aryl methyl sites for hydroxylation is 1. The molecule has 0 aromatic heterocycles. The summed E-state index contributed by atoms with van der Waals surface area (Å²) in [6.07, 6.45) is 8.93. The monoisotopic (exact) mass is 245 g/mol. The molecule has 0 fully saturated rings. The zero-order chi connectivity index (χ0) is 13.2. The van der Waals surface area contributed by atoms with Gasteiger partial charge in [0, 0.05) is 5.69 Å². The molecule has 18 heavy (non-hydrogen) atoms. The van der Waals surface area contributed by atoms with Gasteiger partial charge in [0.1, 0.15) is 0 Å². The summed E-state index contributed by atoms with van der Waals surface area (Å²) in [7, 11) is 0. The first-order valence-electron chi connectivity index (χ1n) is 6.78. The van der Waals surface area contributed by atoms with Gasteiger partial charge in [-0.15, -0.1) is 0 Å². The van der Waals surface area contributed by atoms with Crippen LogP contribution in [-0.4, -0.2) is 5.91 Å². The predicted octanol–water partition coefficient (Wildman–Crippen LogP) is 4.32. The Labute approximate surface area is 110 Å². The summed E-state index contributed by atoms with van der Waals surface area (Å²) in [5.74, 6) is -0.165. The molecule has 0 unspecified atom stereocenters. The third kappa shape index (κ3) is 5.67. The van der Waals surface area contributed by atoms with Crippen molar-refractivity contribution in [3.63, 3.8) is 0 Å². The predicted molar refractivity (Wildman–Crippen MR) is 77.7 cm³/mol. The lowest BCUT2D eigenvalue weighted by Gasteiger charge is -2.05. The van der Waals surface area contributed by atoms with Crippen molar-refractivity contribution in [1.82, 2.24) is 0 Å². The molecular weight excluding hydrogens is 222 g/mol. The maximum Gasteiger partial charge on any atom is 0.247 e. The minimum absolute atomic E-state index is 0.165. The van der Waals surface area contributed by atoms with E-state index in [0.717, 1.165) is 12.1 Å². The second kappa shape index (κ2) is 8.51. The number of amides is 1. The van der Waals surface area contributed by atoms with E-state index in [2.05, 4.69) is 31.0 Å². The van der Waals surface area contributed by atoms with E-state index >= 15 is 0 Å². The van der Waals surface area contributed by atoms with Crippen LogP contribution in [0, 0.1) is 0 Å². The fraction of sp³-hybridized carbons (Fsp3) is 0.438. The number of carbonyl (C=O) groups is 1. The molecule has 0 saturated heterocycles. The van der Waals surface area contributed by atoms with E-state index in [-0.39, 0.29) is 5.91 Å². The normalized spacial score (nSPS) is 10.1. The molecule has 0 atom stereocenters. The summed E-state index contributed by atoms with van der Waals surface area (Å²) >= 11 is 0. The Kier molecular flexibility index (Phi) is 6.85. The molecule has 0 aliphatic rings. The van der Waals surface area contributed by atoms with Crippen molar-refractivity contribution in [2.24, 2.45) is 0 Å². The zero-order valence-corrected chi connectivity index (χ0v) is 11.2. The Bertz CT molecular complexity index is 367. The van der Waals surface area contributed by atoms with Crippen molar-refractivity contribution in [1.29, 1.82) is 0 Å². The molecule has 0 bridgehead atoms. The number of carbonyl (C=O) groups excluding carboxylic acids is 1. The van der Waals surface area contributed by atoms with Gasteiger partial charge in [-0.2, -0.15) is 0 Å². The summed E-state index contributed by atoms with van der Waals surface area (Å²) in [6, 6.07) is 8.06. The third-order valence-corrected chi connectivity index (χ3v) is 2.98. The molecule has 1 amide bonds. The fourth-order valence-corrected chi connectivity index (χ4v) is 1.88. The highest BCUT2D eigenvalue weighted by Gasteiger charge is 1.98. The molecule has 2 heteroatoms. The SMILES string of the molecule is C=CC(=O)Nc1ccc(CCCCCCC)cc1. The van der Waals surface area contributed by atoms with Crippen molar-refractivity contribution in [3.8, 4) is 0 Å². The molecule has 1 aromatic rings. The lowest BCUT2D eigenvalue weighted by molar-refractivity contribution is -0.111. The number of hydrogen-bond acceptors (Lipinski definition) is 1. The van der Waals surface area contributed by atoms with Crippen LogP contribution in [0.2, 0.25) is 0 Å². The van der Waals surface area contributed by atoms with Crippen LogP contribution in [-0.2, 0) is 11.2 Å². The molecule has 0 aliphatic heterocycles. The van der Waals surface area contributed by atoms with Crippen molar-refractivity contribution >= 4 is 11.6 Å². The Morgan fingerprint density at radius 3 is 2.44 bits per heavy atom. The molecule has 2 nitrogen and oxygen atoms in total. The molecular formula is C16H23NO. The molecule has 1 rings (SSSR count). The van der Waals surface area contributed by atoms with Crippen molar-refractivity contribution in [2.45, 2.75) is 45.4 Å². The first-order chi connectivity index (χ1) is 8.76. The average Bonchev–Trinajstić information content (AvgIpc) is 2.40. The van der Waals surface area contributed by atoms with Crippen LogP contribution >= 0.6 is 0 Å². The van der Waals surface area contributed by atoms with E-state index in [1.54, 1.807) is 0 Å². The van der Waals surface area contributed by atoms with Crippen molar-refractivity contribution in [3.05, 3.63) is 42.5 Å². The first-order valence-corrected chi connectivity index (χ1v) is 6.78. The first kappa shape index (κ1) is 14.5. The minimum Gasteiger partial charge on any atom is -0.323 e. The quantitative estimate of drug-likeness (QED) is 0.536. The maximum absolute atomic E-state index is 11.1. The molecule has 0 radical (unpaired) electrons.